The van der Waals surface area contributed by atoms with E-state index in [1.807, 2.05) is 0 Å². The van der Waals surface area contributed by atoms with Crippen molar-refractivity contribution in [3.8, 4) is 0 Å². The minimum Gasteiger partial charge on any atom is -0.439 e. The van der Waals surface area contributed by atoms with E-state index < -0.39 is 45.2 Å². The highest BCUT2D eigenvalue weighted by Gasteiger charge is 2.33. The van der Waals surface area contributed by atoms with Gasteiger partial charge in [-0.3, -0.25) is 0 Å². The van der Waals surface area contributed by atoms with Crippen LogP contribution in [0.4, 0.5) is 0 Å². The van der Waals surface area contributed by atoms with Crippen molar-refractivity contribution in [1.82, 2.24) is 0 Å². The highest BCUT2D eigenvalue weighted by molar-refractivity contribution is 6.78. The van der Waals surface area contributed by atoms with E-state index >= 15 is 0 Å². The molecule has 0 bridgehead atoms. The first-order chi connectivity index (χ1) is 7.62. The minimum absolute atomic E-state index is 1.06. The van der Waals surface area contributed by atoms with Gasteiger partial charge in [0, 0.05) is 0 Å². The van der Waals surface area contributed by atoms with Gasteiger partial charge in [-0.1, -0.05) is 0 Å². The van der Waals surface area contributed by atoms with Crippen molar-refractivity contribution in [3.05, 3.63) is 0 Å². The number of rotatable bonds is 8. The molecule has 4 nitrogen and oxygen atoms in total. The first kappa shape index (κ1) is 17.9. The third-order valence-corrected chi connectivity index (χ3v) is 15.0. The second kappa shape index (κ2) is 8.17. The zero-order chi connectivity index (χ0) is 13.6. The Morgan fingerprint density at radius 1 is 0.647 bits per heavy atom. The Bertz CT molecular complexity index is 202. The average Bonchev–Trinajstić information content (AvgIpc) is 1.95. The van der Waals surface area contributed by atoms with Gasteiger partial charge in [-0.05, 0) is 52.4 Å². The van der Waals surface area contributed by atoms with E-state index in [4.69, 9.17) is 16.5 Å². The summed E-state index contributed by atoms with van der Waals surface area (Å²) in [5.74, 6) is 0. The monoisotopic (exact) mass is 328 g/mol. The van der Waals surface area contributed by atoms with Crippen LogP contribution in [-0.4, -0.2) is 45.2 Å². The molecule has 104 valence electrons. The van der Waals surface area contributed by atoms with Gasteiger partial charge in [-0.15, -0.1) is 0 Å². The maximum atomic E-state index is 6.09. The molecule has 0 fully saturated rings. The van der Waals surface area contributed by atoms with Gasteiger partial charge in [0.1, 0.15) is 0 Å². The van der Waals surface area contributed by atoms with Crippen LogP contribution in [-0.2, 0) is 16.5 Å². The Kier molecular flexibility index (Phi) is 8.61. The molecule has 9 heteroatoms. The molecule has 0 unspecified atom stereocenters. The van der Waals surface area contributed by atoms with Gasteiger partial charge < -0.3 is 16.5 Å². The number of hydrogen-bond acceptors (Lipinski definition) is 4. The van der Waals surface area contributed by atoms with Gasteiger partial charge in [-0.2, -0.15) is 0 Å². The lowest BCUT2D eigenvalue weighted by Crippen LogP contribution is -2.48. The fraction of sp³-hybridized carbons (Fsp3) is 1.00. The van der Waals surface area contributed by atoms with Crippen LogP contribution in [0.5, 0.6) is 0 Å². The van der Waals surface area contributed by atoms with Crippen molar-refractivity contribution in [2.75, 3.05) is 0 Å². The molecule has 0 aliphatic carbocycles. The standard InChI is InChI=1S/C8H28O4Si5/c1-13(2)9-16(10-14(3)4)12-17(7,8)11-15(5)6/h13-16H,1-8H3. The summed E-state index contributed by atoms with van der Waals surface area (Å²) >= 11 is 0. The van der Waals surface area contributed by atoms with Gasteiger partial charge in [0.15, 0.2) is 27.1 Å². The smallest absolute Gasteiger partial charge is 0.439 e. The van der Waals surface area contributed by atoms with Crippen LogP contribution in [0, 0.1) is 0 Å². The molecule has 17 heavy (non-hydrogen) atoms. The van der Waals surface area contributed by atoms with E-state index in [1.165, 1.54) is 0 Å². The van der Waals surface area contributed by atoms with Crippen LogP contribution in [0.2, 0.25) is 52.4 Å². The lowest BCUT2D eigenvalue weighted by atomic mass is 11.9. The summed E-state index contributed by atoms with van der Waals surface area (Å²) in [6, 6.07) is 0. The molecule has 0 spiro atoms. The van der Waals surface area contributed by atoms with E-state index in [0.717, 1.165) is 0 Å². The van der Waals surface area contributed by atoms with Crippen LogP contribution in [0.3, 0.4) is 0 Å². The zero-order valence-electron chi connectivity index (χ0n) is 12.4. The summed E-state index contributed by atoms with van der Waals surface area (Å²) in [6.07, 6.45) is 0. The summed E-state index contributed by atoms with van der Waals surface area (Å²) in [5, 5.41) is 0. The predicted molar refractivity (Wildman–Crippen MR) is 85.6 cm³/mol. The van der Waals surface area contributed by atoms with E-state index in [1.54, 1.807) is 0 Å². The molecule has 0 rings (SSSR count). The third kappa shape index (κ3) is 10.5. The molecular formula is C8H28O4Si5. The largest absolute Gasteiger partial charge is 0.453 e. The Morgan fingerprint density at radius 3 is 1.35 bits per heavy atom. The summed E-state index contributed by atoms with van der Waals surface area (Å²) in [4.78, 5) is 0. The highest BCUT2D eigenvalue weighted by Crippen LogP contribution is 2.12. The zero-order valence-corrected chi connectivity index (χ0v) is 18.1. The Labute approximate surface area is 114 Å². The van der Waals surface area contributed by atoms with Gasteiger partial charge in [0.25, 0.3) is 0 Å². The highest BCUT2D eigenvalue weighted by atomic mass is 28.5. The van der Waals surface area contributed by atoms with Crippen molar-refractivity contribution in [2.45, 2.75) is 52.4 Å². The normalized spacial score (nSPS) is 13.4. The topological polar surface area (TPSA) is 36.9 Å². The lowest BCUT2D eigenvalue weighted by Gasteiger charge is -2.31. The lowest BCUT2D eigenvalue weighted by molar-refractivity contribution is 0.278. The molecule has 0 radical (unpaired) electrons. The molecule has 0 aromatic carbocycles. The average molecular weight is 329 g/mol. The minimum atomic E-state index is -2.05. The fourth-order valence-corrected chi connectivity index (χ4v) is 14.3. The summed E-state index contributed by atoms with van der Waals surface area (Å²) in [6.45, 7) is 17.1. The summed E-state index contributed by atoms with van der Waals surface area (Å²) in [7, 11) is -7.25. The molecule has 0 saturated heterocycles. The van der Waals surface area contributed by atoms with Crippen LogP contribution in [0.1, 0.15) is 0 Å². The van der Waals surface area contributed by atoms with E-state index in [2.05, 4.69) is 52.4 Å². The molecule has 0 amide bonds. The van der Waals surface area contributed by atoms with Gasteiger partial charge in [0.05, 0.1) is 0 Å². The van der Waals surface area contributed by atoms with Crippen LogP contribution < -0.4 is 0 Å². The Morgan fingerprint density at radius 2 is 1.06 bits per heavy atom. The second-order valence-electron chi connectivity index (χ2n) is 5.34. The Balaban J connectivity index is 4.39. The van der Waals surface area contributed by atoms with Crippen LogP contribution in [0.25, 0.3) is 0 Å². The van der Waals surface area contributed by atoms with Crippen molar-refractivity contribution < 1.29 is 16.5 Å². The molecule has 0 aromatic rings. The predicted octanol–water partition coefficient (Wildman–Crippen LogP) is 1.42. The first-order valence-corrected chi connectivity index (χ1v) is 18.9. The van der Waals surface area contributed by atoms with Crippen molar-refractivity contribution >= 4 is 45.2 Å². The Hall–Kier alpha value is 0.924. The van der Waals surface area contributed by atoms with Crippen LogP contribution >= 0.6 is 0 Å². The van der Waals surface area contributed by atoms with E-state index in [-0.39, 0.29) is 0 Å². The number of hydrogen-bond donors (Lipinski definition) is 0. The SMILES string of the molecule is C[SiH](C)O[SiH](O[SiH](C)C)O[Si](C)(C)O[SiH](C)C. The van der Waals surface area contributed by atoms with Crippen molar-refractivity contribution in [1.29, 1.82) is 0 Å². The van der Waals surface area contributed by atoms with Gasteiger partial charge in [0.2, 0.25) is 0 Å². The van der Waals surface area contributed by atoms with Gasteiger partial charge in [-0.25, -0.2) is 0 Å². The van der Waals surface area contributed by atoms with E-state index in [0.29, 0.717) is 0 Å². The molecule has 0 heterocycles. The molecular weight excluding hydrogens is 301 g/mol. The molecule has 0 atom stereocenters. The molecule has 0 aromatic heterocycles. The van der Waals surface area contributed by atoms with E-state index in [9.17, 15) is 0 Å². The first-order valence-electron chi connectivity index (χ1n) is 6.29. The van der Waals surface area contributed by atoms with Crippen LogP contribution in [0.15, 0.2) is 0 Å². The third-order valence-electron chi connectivity index (χ3n) is 1.67. The quantitative estimate of drug-likeness (QED) is 0.632. The maximum Gasteiger partial charge on any atom is 0.453 e. The second-order valence-corrected chi connectivity index (χ2v) is 19.1. The van der Waals surface area contributed by atoms with Crippen molar-refractivity contribution in [2.24, 2.45) is 0 Å². The summed E-state index contributed by atoms with van der Waals surface area (Å²) < 4.78 is 23.9. The summed E-state index contributed by atoms with van der Waals surface area (Å²) in [5.41, 5.74) is 0. The van der Waals surface area contributed by atoms with Gasteiger partial charge >= 0.3 is 18.1 Å². The molecule has 0 aliphatic heterocycles. The molecule has 0 N–H and O–H groups in total. The van der Waals surface area contributed by atoms with Crippen molar-refractivity contribution in [3.63, 3.8) is 0 Å². The molecule has 0 aliphatic rings. The molecule has 0 saturated carbocycles. The fourth-order valence-electron chi connectivity index (χ4n) is 1.36. The maximum absolute atomic E-state index is 6.09.